The van der Waals surface area contributed by atoms with Gasteiger partial charge in [-0.25, -0.2) is 0 Å². The van der Waals surface area contributed by atoms with Crippen molar-refractivity contribution in [1.82, 2.24) is 9.46 Å². The van der Waals surface area contributed by atoms with Gasteiger partial charge < -0.3 is 19.9 Å². The van der Waals surface area contributed by atoms with Crippen LogP contribution in [0.1, 0.15) is 34.2 Å². The largest absolute Gasteiger partial charge is 0.805 e. The van der Waals surface area contributed by atoms with Gasteiger partial charge >= 0.3 is 11.4 Å². The van der Waals surface area contributed by atoms with Crippen LogP contribution in [0.3, 0.4) is 0 Å². The quantitative estimate of drug-likeness (QED) is 0.741. The Hall–Kier alpha value is -2.64. The Balaban J connectivity index is 3.10. The molecule has 0 fully saturated rings. The van der Waals surface area contributed by atoms with Crippen molar-refractivity contribution in [1.29, 1.82) is 0 Å². The molecule has 0 radical (unpaired) electrons. The number of aromatic nitrogens is 4. The highest BCUT2D eigenvalue weighted by molar-refractivity contribution is 5.54. The summed E-state index contributed by atoms with van der Waals surface area (Å²) < 4.78 is 2.26. The molecule has 0 aliphatic rings. The summed E-state index contributed by atoms with van der Waals surface area (Å²) in [6.07, 6.45) is 0. The van der Waals surface area contributed by atoms with Gasteiger partial charge in [0.05, 0.1) is 31.6 Å². The number of rotatable bonds is 1. The van der Waals surface area contributed by atoms with Crippen molar-refractivity contribution in [2.45, 2.75) is 41.5 Å². The first-order chi connectivity index (χ1) is 10.1. The van der Waals surface area contributed by atoms with E-state index in [1.54, 1.807) is 0 Å². The fourth-order valence-corrected chi connectivity index (χ4v) is 2.45. The lowest BCUT2D eigenvalue weighted by Crippen LogP contribution is -2.36. The Morgan fingerprint density at radius 1 is 0.636 bits per heavy atom. The SMILES string of the molecule is Cc1c(C)[n+](=O)c(-c2c(C)n([O-])c(C)c(C)[n+]2=O)c(C)n1[O-]. The molecule has 0 saturated carbocycles. The van der Waals surface area contributed by atoms with Crippen LogP contribution in [0.4, 0.5) is 0 Å². The Morgan fingerprint density at radius 3 is 1.18 bits per heavy atom. The molecule has 0 aliphatic carbocycles. The van der Waals surface area contributed by atoms with E-state index in [-0.39, 0.29) is 45.6 Å². The smallest absolute Gasteiger partial charge is 0.359 e. The predicted octanol–water partition coefficient (Wildman–Crippen LogP) is 1.33. The van der Waals surface area contributed by atoms with E-state index in [2.05, 4.69) is 0 Å². The van der Waals surface area contributed by atoms with Gasteiger partial charge in [-0.15, -0.1) is 0 Å². The second kappa shape index (κ2) is 4.97. The van der Waals surface area contributed by atoms with Crippen LogP contribution in [-0.2, 0) is 0 Å². The number of hydrogen-bond donors (Lipinski definition) is 0. The Kier molecular flexibility index (Phi) is 3.56. The summed E-state index contributed by atoms with van der Waals surface area (Å²) in [7, 11) is 0. The van der Waals surface area contributed by atoms with Crippen LogP contribution < -0.4 is 8.85 Å². The first-order valence-electron chi connectivity index (χ1n) is 6.77. The lowest BCUT2D eigenvalue weighted by atomic mass is 10.1. The fraction of sp³-hybridized carbons (Fsp3) is 0.429. The maximum atomic E-state index is 12.5. The zero-order valence-corrected chi connectivity index (χ0v) is 13.4. The third kappa shape index (κ3) is 1.91. The van der Waals surface area contributed by atoms with E-state index >= 15 is 0 Å². The molecule has 0 N–H and O–H groups in total. The van der Waals surface area contributed by atoms with Crippen LogP contribution in [0.25, 0.3) is 11.4 Å². The zero-order chi connectivity index (χ0) is 16.9. The fourth-order valence-electron chi connectivity index (χ4n) is 2.45. The second-order valence-corrected chi connectivity index (χ2v) is 5.39. The molecule has 0 unspecified atom stereocenters. The molecular formula is C14H18N4O4. The van der Waals surface area contributed by atoms with Gasteiger partial charge in [-0.05, 0) is 27.7 Å². The van der Waals surface area contributed by atoms with Gasteiger partial charge in [-0.3, -0.25) is 0 Å². The maximum absolute atomic E-state index is 12.5. The molecule has 0 saturated heterocycles. The third-order valence-electron chi connectivity index (χ3n) is 4.19. The van der Waals surface area contributed by atoms with E-state index in [9.17, 15) is 20.2 Å². The first kappa shape index (κ1) is 15.7. The van der Waals surface area contributed by atoms with Crippen molar-refractivity contribution in [2.24, 2.45) is 0 Å². The van der Waals surface area contributed by atoms with Crippen molar-refractivity contribution in [3.8, 4) is 11.4 Å². The van der Waals surface area contributed by atoms with E-state index in [0.717, 1.165) is 0 Å². The van der Waals surface area contributed by atoms with Crippen molar-refractivity contribution in [3.63, 3.8) is 0 Å². The van der Waals surface area contributed by atoms with Crippen LogP contribution in [0.15, 0.2) is 0 Å². The Labute approximate surface area is 126 Å². The molecule has 2 aromatic rings. The van der Waals surface area contributed by atoms with E-state index in [1.165, 1.54) is 41.5 Å². The van der Waals surface area contributed by atoms with Crippen molar-refractivity contribution in [2.75, 3.05) is 0 Å². The molecule has 0 bridgehead atoms. The van der Waals surface area contributed by atoms with Crippen LogP contribution >= 0.6 is 0 Å². The van der Waals surface area contributed by atoms with Gasteiger partial charge in [-0.1, -0.05) is 0 Å². The van der Waals surface area contributed by atoms with Crippen LogP contribution in [-0.4, -0.2) is 9.46 Å². The zero-order valence-electron chi connectivity index (χ0n) is 13.4. The normalized spacial score (nSPS) is 11.0. The number of nitrogens with zero attached hydrogens (tertiary/aromatic N) is 4. The van der Waals surface area contributed by atoms with Gasteiger partial charge in [0, 0.05) is 23.7 Å². The summed E-state index contributed by atoms with van der Waals surface area (Å²) in [6.45, 7) is 8.95. The van der Waals surface area contributed by atoms with Crippen LogP contribution in [0.5, 0.6) is 0 Å². The summed E-state index contributed by atoms with van der Waals surface area (Å²) in [5, 5.41) is 24.3. The molecule has 0 amide bonds. The maximum Gasteiger partial charge on any atom is 0.359 e. The summed E-state index contributed by atoms with van der Waals surface area (Å²) in [5.74, 6) is 0. The van der Waals surface area contributed by atoms with Gasteiger partial charge in [-0.2, -0.15) is 0 Å². The topological polar surface area (TPSA) is 102 Å². The van der Waals surface area contributed by atoms with Gasteiger partial charge in [0.2, 0.25) is 0 Å². The summed E-state index contributed by atoms with van der Waals surface area (Å²) in [5.41, 5.74) is 0.839. The molecule has 0 atom stereocenters. The summed E-state index contributed by atoms with van der Waals surface area (Å²) in [6, 6.07) is 0. The van der Waals surface area contributed by atoms with Crippen molar-refractivity contribution < 1.29 is 8.85 Å². The minimum absolute atomic E-state index is 0.0778. The molecular weight excluding hydrogens is 288 g/mol. The molecule has 8 nitrogen and oxygen atoms in total. The lowest BCUT2D eigenvalue weighted by molar-refractivity contribution is -0.526. The molecule has 8 heteroatoms. The van der Waals surface area contributed by atoms with E-state index in [0.29, 0.717) is 18.3 Å². The molecule has 2 aromatic heterocycles. The van der Waals surface area contributed by atoms with Crippen molar-refractivity contribution >= 4 is 0 Å². The number of hydrogen-bond acceptors (Lipinski definition) is 4. The summed E-state index contributed by atoms with van der Waals surface area (Å²) >= 11 is 0. The van der Waals surface area contributed by atoms with Gasteiger partial charge in [0.15, 0.2) is 0 Å². The Morgan fingerprint density at radius 2 is 0.909 bits per heavy atom. The average molecular weight is 306 g/mol. The molecule has 2 rings (SSSR count). The predicted molar refractivity (Wildman–Crippen MR) is 80.5 cm³/mol. The monoisotopic (exact) mass is 306 g/mol. The third-order valence-corrected chi connectivity index (χ3v) is 4.19. The molecule has 0 aromatic carbocycles. The highest BCUT2D eigenvalue weighted by atomic mass is 16.5. The van der Waals surface area contributed by atoms with Crippen LogP contribution in [0.2, 0.25) is 0 Å². The average Bonchev–Trinajstić information content (AvgIpc) is 2.50. The van der Waals surface area contributed by atoms with Gasteiger partial charge in [0.25, 0.3) is 11.4 Å². The summed E-state index contributed by atoms with van der Waals surface area (Å²) in [4.78, 5) is 25.0. The molecule has 118 valence electrons. The standard InChI is InChI=1S/C14H18N4O4/c1-7-9(3)17(21)13(11(5)15(7)19)14-12(6)16(20)8(2)10(4)18(14)22/h1-6H3. The molecule has 0 aliphatic heterocycles. The van der Waals surface area contributed by atoms with E-state index in [4.69, 9.17) is 0 Å². The molecule has 0 spiro atoms. The second-order valence-electron chi connectivity index (χ2n) is 5.39. The highest BCUT2D eigenvalue weighted by Gasteiger charge is 2.34. The Bertz CT molecular complexity index is 834. The molecule has 22 heavy (non-hydrogen) atoms. The lowest BCUT2D eigenvalue weighted by Gasteiger charge is -2.19. The van der Waals surface area contributed by atoms with Crippen LogP contribution in [0, 0.1) is 61.8 Å². The van der Waals surface area contributed by atoms with Gasteiger partial charge in [0.1, 0.15) is 0 Å². The van der Waals surface area contributed by atoms with Crippen molar-refractivity contribution in [3.05, 3.63) is 54.4 Å². The minimum Gasteiger partial charge on any atom is -0.805 e. The highest BCUT2D eigenvalue weighted by Crippen LogP contribution is 2.22. The van der Waals surface area contributed by atoms with E-state index in [1.807, 2.05) is 0 Å². The van der Waals surface area contributed by atoms with E-state index < -0.39 is 0 Å². The first-order valence-corrected chi connectivity index (χ1v) is 6.77. The minimum atomic E-state index is -0.0988. The molecule has 2 heterocycles.